The Hall–Kier alpha value is -1.38. The number of thioether (sulfide) groups is 1. The monoisotopic (exact) mass is 255 g/mol. The SMILES string of the molecule is COc1cc(Cl)ccc1N=C(NC#N)SC. The van der Waals surface area contributed by atoms with E-state index in [1.807, 2.05) is 12.4 Å². The first-order valence-electron chi connectivity index (χ1n) is 4.32. The molecule has 0 spiro atoms. The quantitative estimate of drug-likeness (QED) is 0.382. The number of nitriles is 1. The van der Waals surface area contributed by atoms with Crippen molar-refractivity contribution in [2.75, 3.05) is 13.4 Å². The molecule has 1 N–H and O–H groups in total. The summed E-state index contributed by atoms with van der Waals surface area (Å²) in [6.07, 6.45) is 3.64. The Balaban J connectivity index is 3.08. The molecule has 0 aromatic heterocycles. The van der Waals surface area contributed by atoms with E-state index >= 15 is 0 Å². The van der Waals surface area contributed by atoms with Crippen LogP contribution in [0.15, 0.2) is 23.2 Å². The Morgan fingerprint density at radius 3 is 2.94 bits per heavy atom. The summed E-state index contributed by atoms with van der Waals surface area (Å²) < 4.78 is 5.14. The maximum absolute atomic E-state index is 8.51. The van der Waals surface area contributed by atoms with Gasteiger partial charge < -0.3 is 4.74 Å². The lowest BCUT2D eigenvalue weighted by Gasteiger charge is -2.06. The van der Waals surface area contributed by atoms with Crippen molar-refractivity contribution in [3.05, 3.63) is 23.2 Å². The highest BCUT2D eigenvalue weighted by molar-refractivity contribution is 8.13. The van der Waals surface area contributed by atoms with Crippen LogP contribution in [-0.4, -0.2) is 18.5 Å². The van der Waals surface area contributed by atoms with Gasteiger partial charge in [-0.15, -0.1) is 0 Å². The summed E-state index contributed by atoms with van der Waals surface area (Å²) in [5.74, 6) is 0.568. The van der Waals surface area contributed by atoms with E-state index in [0.717, 1.165) is 0 Å². The predicted molar refractivity (Wildman–Crippen MR) is 67.4 cm³/mol. The number of halogens is 1. The molecule has 0 bridgehead atoms. The first-order chi connectivity index (χ1) is 7.71. The third-order valence-electron chi connectivity index (χ3n) is 1.72. The average molecular weight is 256 g/mol. The van der Waals surface area contributed by atoms with Crippen LogP contribution in [-0.2, 0) is 0 Å². The molecule has 1 aromatic carbocycles. The molecule has 4 nitrogen and oxygen atoms in total. The van der Waals surface area contributed by atoms with Crippen molar-refractivity contribution in [3.8, 4) is 11.9 Å². The Bertz CT molecular complexity index is 442. The normalized spacial score (nSPS) is 10.8. The first kappa shape index (κ1) is 12.7. The number of methoxy groups -OCH3 is 1. The van der Waals surface area contributed by atoms with Crippen LogP contribution in [0.3, 0.4) is 0 Å². The van der Waals surface area contributed by atoms with Crippen molar-refractivity contribution >= 4 is 34.2 Å². The van der Waals surface area contributed by atoms with E-state index in [9.17, 15) is 0 Å². The molecule has 0 aliphatic rings. The molecule has 0 heterocycles. The zero-order valence-electron chi connectivity index (χ0n) is 8.82. The van der Waals surface area contributed by atoms with Gasteiger partial charge in [-0.05, 0) is 18.4 Å². The fourth-order valence-corrected chi connectivity index (χ4v) is 1.53. The highest BCUT2D eigenvalue weighted by atomic mass is 35.5. The molecule has 0 radical (unpaired) electrons. The molecule has 0 saturated carbocycles. The maximum Gasteiger partial charge on any atom is 0.183 e. The number of hydrogen-bond donors (Lipinski definition) is 1. The molecule has 0 amide bonds. The van der Waals surface area contributed by atoms with E-state index in [2.05, 4.69) is 10.3 Å². The molecule has 84 valence electrons. The van der Waals surface area contributed by atoms with Crippen molar-refractivity contribution in [1.82, 2.24) is 5.32 Å². The molecule has 0 fully saturated rings. The number of amidine groups is 1. The summed E-state index contributed by atoms with van der Waals surface area (Å²) in [4.78, 5) is 4.24. The van der Waals surface area contributed by atoms with Gasteiger partial charge >= 0.3 is 0 Å². The van der Waals surface area contributed by atoms with Gasteiger partial charge in [0.05, 0.1) is 7.11 Å². The van der Waals surface area contributed by atoms with Gasteiger partial charge in [0.15, 0.2) is 11.4 Å². The molecule has 0 atom stereocenters. The molecule has 0 unspecified atom stereocenters. The van der Waals surface area contributed by atoms with Crippen molar-refractivity contribution in [1.29, 1.82) is 5.26 Å². The van der Waals surface area contributed by atoms with Gasteiger partial charge in [0.1, 0.15) is 11.4 Å². The summed E-state index contributed by atoms with van der Waals surface area (Å²) in [5.41, 5.74) is 0.624. The number of nitrogens with zero attached hydrogens (tertiary/aromatic N) is 2. The number of ether oxygens (including phenoxy) is 1. The molecule has 6 heteroatoms. The van der Waals surface area contributed by atoms with Gasteiger partial charge in [0.2, 0.25) is 0 Å². The molecular formula is C10H10ClN3OS. The van der Waals surface area contributed by atoms with Crippen molar-refractivity contribution in [2.24, 2.45) is 4.99 Å². The third-order valence-corrected chi connectivity index (χ3v) is 2.54. The summed E-state index contributed by atoms with van der Waals surface area (Å²) in [6, 6.07) is 5.12. The highest BCUT2D eigenvalue weighted by Crippen LogP contribution is 2.30. The second-order valence-electron chi connectivity index (χ2n) is 2.67. The molecule has 16 heavy (non-hydrogen) atoms. The third kappa shape index (κ3) is 3.33. The van der Waals surface area contributed by atoms with E-state index in [1.54, 1.807) is 25.3 Å². The van der Waals surface area contributed by atoms with Crippen LogP contribution in [0.1, 0.15) is 0 Å². The fourth-order valence-electron chi connectivity index (χ4n) is 1.03. The van der Waals surface area contributed by atoms with E-state index < -0.39 is 0 Å². The van der Waals surface area contributed by atoms with E-state index in [-0.39, 0.29) is 0 Å². The minimum atomic E-state index is 0.503. The standard InChI is InChI=1S/C10H10ClN3OS/c1-15-9-5-7(11)3-4-8(9)14-10(16-2)13-6-12/h3-5H,1-2H3,(H,13,14). The molecule has 0 aliphatic carbocycles. The Morgan fingerprint density at radius 2 is 2.38 bits per heavy atom. The fraction of sp³-hybridized carbons (Fsp3) is 0.200. The van der Waals surface area contributed by atoms with Crippen molar-refractivity contribution in [3.63, 3.8) is 0 Å². The Morgan fingerprint density at radius 1 is 1.62 bits per heavy atom. The summed E-state index contributed by atoms with van der Waals surface area (Å²) in [6.45, 7) is 0. The number of benzene rings is 1. The smallest absolute Gasteiger partial charge is 0.183 e. The highest BCUT2D eigenvalue weighted by Gasteiger charge is 2.04. The lowest BCUT2D eigenvalue weighted by atomic mass is 10.3. The maximum atomic E-state index is 8.51. The summed E-state index contributed by atoms with van der Waals surface area (Å²) >= 11 is 7.17. The second kappa shape index (κ2) is 6.26. The van der Waals surface area contributed by atoms with Gasteiger partial charge in [0, 0.05) is 11.1 Å². The van der Waals surface area contributed by atoms with Gasteiger partial charge in [-0.1, -0.05) is 23.4 Å². The lowest BCUT2D eigenvalue weighted by molar-refractivity contribution is 0.416. The van der Waals surface area contributed by atoms with Crippen LogP contribution < -0.4 is 10.1 Å². The van der Waals surface area contributed by atoms with E-state index in [4.69, 9.17) is 21.6 Å². The van der Waals surface area contributed by atoms with Gasteiger partial charge in [-0.2, -0.15) is 5.26 Å². The van der Waals surface area contributed by atoms with Crippen LogP contribution in [0.4, 0.5) is 5.69 Å². The lowest BCUT2D eigenvalue weighted by Crippen LogP contribution is -2.12. The molecule has 1 aromatic rings. The predicted octanol–water partition coefficient (Wildman–Crippen LogP) is 2.77. The van der Waals surface area contributed by atoms with E-state index in [0.29, 0.717) is 21.6 Å². The Kier molecular flexibility index (Phi) is 4.96. The van der Waals surface area contributed by atoms with Crippen LogP contribution in [0.5, 0.6) is 5.75 Å². The second-order valence-corrected chi connectivity index (χ2v) is 3.91. The number of nitrogens with one attached hydrogen (secondary N) is 1. The van der Waals surface area contributed by atoms with Crippen LogP contribution in [0.2, 0.25) is 5.02 Å². The van der Waals surface area contributed by atoms with Crippen molar-refractivity contribution < 1.29 is 4.74 Å². The molecule has 0 saturated heterocycles. The van der Waals surface area contributed by atoms with Crippen LogP contribution >= 0.6 is 23.4 Å². The minimum absolute atomic E-state index is 0.503. The molecule has 1 rings (SSSR count). The minimum Gasteiger partial charge on any atom is -0.494 e. The van der Waals surface area contributed by atoms with Crippen LogP contribution in [0.25, 0.3) is 0 Å². The molecule has 0 aliphatic heterocycles. The van der Waals surface area contributed by atoms with Crippen molar-refractivity contribution in [2.45, 2.75) is 0 Å². The summed E-state index contributed by atoms with van der Waals surface area (Å²) in [5, 5.41) is 12.1. The van der Waals surface area contributed by atoms with Crippen LogP contribution in [0, 0.1) is 11.5 Å². The topological polar surface area (TPSA) is 57.4 Å². The Labute approximate surface area is 103 Å². The molecular weight excluding hydrogens is 246 g/mol. The zero-order chi connectivity index (χ0) is 12.0. The zero-order valence-corrected chi connectivity index (χ0v) is 10.4. The summed E-state index contributed by atoms with van der Waals surface area (Å²) in [7, 11) is 1.54. The average Bonchev–Trinajstić information content (AvgIpc) is 2.30. The van der Waals surface area contributed by atoms with Gasteiger partial charge in [-0.25, -0.2) is 4.99 Å². The largest absolute Gasteiger partial charge is 0.494 e. The number of rotatable bonds is 2. The number of hydrogen-bond acceptors (Lipinski definition) is 4. The van der Waals surface area contributed by atoms with Gasteiger partial charge in [0.25, 0.3) is 0 Å². The van der Waals surface area contributed by atoms with E-state index in [1.165, 1.54) is 11.8 Å². The van der Waals surface area contributed by atoms with Gasteiger partial charge in [-0.3, -0.25) is 5.32 Å². The first-order valence-corrected chi connectivity index (χ1v) is 5.93. The number of aliphatic imine (C=N–C) groups is 1.